The third kappa shape index (κ3) is 1.96. The molecule has 0 fully saturated rings. The Balaban J connectivity index is 2.62. The lowest BCUT2D eigenvalue weighted by atomic mass is 10.0. The second-order valence-corrected chi connectivity index (χ2v) is 3.47. The highest BCUT2D eigenvalue weighted by atomic mass is 16.6. The third-order valence-corrected chi connectivity index (χ3v) is 2.11. The third-order valence-electron chi connectivity index (χ3n) is 2.11. The van der Waals surface area contributed by atoms with Crippen molar-refractivity contribution in [2.45, 2.75) is 33.0 Å². The molecule has 0 spiro atoms. The molecule has 0 aromatic heterocycles. The van der Waals surface area contributed by atoms with Crippen molar-refractivity contribution in [1.82, 2.24) is 0 Å². The highest BCUT2D eigenvalue weighted by Crippen LogP contribution is 2.28. The van der Waals surface area contributed by atoms with Gasteiger partial charge in [-0.2, -0.15) is 0 Å². The zero-order valence-electron chi connectivity index (χ0n) is 7.92. The Kier molecular flexibility index (Phi) is 2.70. The van der Waals surface area contributed by atoms with Gasteiger partial charge in [0.15, 0.2) is 5.79 Å². The molecule has 0 amide bonds. The van der Waals surface area contributed by atoms with Gasteiger partial charge in [0.1, 0.15) is 0 Å². The summed E-state index contributed by atoms with van der Waals surface area (Å²) in [5, 5.41) is 9.87. The first-order valence-electron chi connectivity index (χ1n) is 4.21. The molecule has 2 heteroatoms. The van der Waals surface area contributed by atoms with Crippen LogP contribution in [0.2, 0.25) is 0 Å². The Bertz CT molecular complexity index is 224. The van der Waals surface area contributed by atoms with Gasteiger partial charge in [0.25, 0.3) is 0 Å². The topological polar surface area (TPSA) is 29.5 Å². The molecular weight excluding hydrogens is 152 g/mol. The van der Waals surface area contributed by atoms with E-state index in [2.05, 4.69) is 0 Å². The van der Waals surface area contributed by atoms with Gasteiger partial charge in [0.05, 0.1) is 6.61 Å². The number of ether oxygens (including phenoxy) is 1. The molecule has 1 aliphatic heterocycles. The summed E-state index contributed by atoms with van der Waals surface area (Å²) < 4.78 is 5.22. The van der Waals surface area contributed by atoms with E-state index in [0.29, 0.717) is 13.0 Å². The molecule has 0 saturated heterocycles. The van der Waals surface area contributed by atoms with Crippen molar-refractivity contribution in [2.75, 3.05) is 6.61 Å². The Morgan fingerprint density at radius 3 is 2.83 bits per heavy atom. The second-order valence-electron chi connectivity index (χ2n) is 3.47. The molecule has 0 aromatic carbocycles. The quantitative estimate of drug-likeness (QED) is 0.639. The molecule has 1 heterocycles. The van der Waals surface area contributed by atoms with E-state index in [1.165, 1.54) is 5.57 Å². The number of aliphatic hydroxyl groups is 1. The fourth-order valence-corrected chi connectivity index (χ4v) is 1.14. The Labute approximate surface area is 73.5 Å². The summed E-state index contributed by atoms with van der Waals surface area (Å²) >= 11 is 0. The zero-order valence-corrected chi connectivity index (χ0v) is 7.92. The lowest BCUT2D eigenvalue weighted by molar-refractivity contribution is -0.150. The van der Waals surface area contributed by atoms with E-state index in [9.17, 15) is 5.11 Å². The number of hydrogen-bond donors (Lipinski definition) is 1. The average Bonchev–Trinajstić information content (AvgIpc) is 2.30. The van der Waals surface area contributed by atoms with Crippen LogP contribution in [-0.2, 0) is 4.74 Å². The second kappa shape index (κ2) is 3.42. The van der Waals surface area contributed by atoms with Crippen LogP contribution in [0.15, 0.2) is 23.3 Å². The first-order valence-corrected chi connectivity index (χ1v) is 4.21. The summed E-state index contributed by atoms with van der Waals surface area (Å²) in [6.45, 7) is 6.44. The minimum atomic E-state index is -1.03. The van der Waals surface area contributed by atoms with Gasteiger partial charge in [-0.3, -0.25) is 0 Å². The summed E-state index contributed by atoms with van der Waals surface area (Å²) in [7, 11) is 0. The number of rotatable bonds is 2. The normalized spacial score (nSPS) is 28.5. The smallest absolute Gasteiger partial charge is 0.191 e. The van der Waals surface area contributed by atoms with Gasteiger partial charge in [-0.1, -0.05) is 17.7 Å². The van der Waals surface area contributed by atoms with Gasteiger partial charge < -0.3 is 9.84 Å². The maximum Gasteiger partial charge on any atom is 0.191 e. The van der Waals surface area contributed by atoms with E-state index in [-0.39, 0.29) is 0 Å². The summed E-state index contributed by atoms with van der Waals surface area (Å²) in [6.07, 6.45) is 4.46. The molecule has 1 atom stereocenters. The lowest BCUT2D eigenvalue weighted by Crippen LogP contribution is -2.29. The molecule has 1 aliphatic rings. The molecule has 0 saturated carbocycles. The van der Waals surface area contributed by atoms with Crippen LogP contribution in [0.4, 0.5) is 0 Å². The maximum atomic E-state index is 9.87. The summed E-state index contributed by atoms with van der Waals surface area (Å²) in [5.74, 6) is -1.03. The van der Waals surface area contributed by atoms with Gasteiger partial charge in [-0.05, 0) is 26.3 Å². The highest BCUT2D eigenvalue weighted by molar-refractivity contribution is 5.17. The largest absolute Gasteiger partial charge is 0.362 e. The maximum absolute atomic E-state index is 9.87. The van der Waals surface area contributed by atoms with E-state index in [1.807, 2.05) is 32.9 Å². The van der Waals surface area contributed by atoms with Crippen molar-refractivity contribution in [3.8, 4) is 0 Å². The highest BCUT2D eigenvalue weighted by Gasteiger charge is 2.32. The average molecular weight is 168 g/mol. The van der Waals surface area contributed by atoms with Crippen molar-refractivity contribution in [3.05, 3.63) is 23.3 Å². The zero-order chi connectivity index (χ0) is 9.19. The Morgan fingerprint density at radius 2 is 2.42 bits per heavy atom. The van der Waals surface area contributed by atoms with Crippen LogP contribution in [0.3, 0.4) is 0 Å². The van der Waals surface area contributed by atoms with Gasteiger partial charge in [-0.25, -0.2) is 0 Å². The van der Waals surface area contributed by atoms with Gasteiger partial charge in [0.2, 0.25) is 0 Å². The van der Waals surface area contributed by atoms with E-state index in [1.54, 1.807) is 0 Å². The SMILES string of the molecule is CC(C)=CCC1(O)OCC=C1C. The van der Waals surface area contributed by atoms with E-state index in [0.717, 1.165) is 5.57 Å². The standard InChI is InChI=1S/C10H16O2/c1-8(2)4-6-10(11)9(3)5-7-12-10/h4-5,11H,6-7H2,1-3H3. The molecule has 2 nitrogen and oxygen atoms in total. The van der Waals surface area contributed by atoms with Gasteiger partial charge >= 0.3 is 0 Å². The predicted octanol–water partition coefficient (Wildman–Crippen LogP) is 2.01. The molecule has 0 bridgehead atoms. The fourth-order valence-electron chi connectivity index (χ4n) is 1.14. The van der Waals surface area contributed by atoms with E-state index >= 15 is 0 Å². The molecule has 0 radical (unpaired) electrons. The Hall–Kier alpha value is -0.600. The fraction of sp³-hybridized carbons (Fsp3) is 0.600. The summed E-state index contributed by atoms with van der Waals surface area (Å²) in [5.41, 5.74) is 2.12. The predicted molar refractivity (Wildman–Crippen MR) is 48.7 cm³/mol. The van der Waals surface area contributed by atoms with Crippen LogP contribution in [0.1, 0.15) is 27.2 Å². The van der Waals surface area contributed by atoms with Crippen LogP contribution in [0.5, 0.6) is 0 Å². The molecule has 1 rings (SSSR count). The van der Waals surface area contributed by atoms with Crippen molar-refractivity contribution in [3.63, 3.8) is 0 Å². The Morgan fingerprint density at radius 1 is 1.75 bits per heavy atom. The minimum Gasteiger partial charge on any atom is -0.362 e. The molecule has 12 heavy (non-hydrogen) atoms. The lowest BCUT2D eigenvalue weighted by Gasteiger charge is -2.22. The number of hydrogen-bond acceptors (Lipinski definition) is 2. The van der Waals surface area contributed by atoms with Gasteiger partial charge in [-0.15, -0.1) is 0 Å². The first kappa shape index (κ1) is 9.49. The van der Waals surface area contributed by atoms with E-state index < -0.39 is 5.79 Å². The van der Waals surface area contributed by atoms with Crippen LogP contribution < -0.4 is 0 Å². The molecule has 68 valence electrons. The van der Waals surface area contributed by atoms with E-state index in [4.69, 9.17) is 4.74 Å². The van der Waals surface area contributed by atoms with Crippen molar-refractivity contribution < 1.29 is 9.84 Å². The first-order chi connectivity index (χ1) is 5.54. The van der Waals surface area contributed by atoms with Crippen LogP contribution in [0, 0.1) is 0 Å². The van der Waals surface area contributed by atoms with Crippen molar-refractivity contribution >= 4 is 0 Å². The minimum absolute atomic E-state index is 0.527. The molecule has 0 aromatic rings. The molecule has 0 aliphatic carbocycles. The monoisotopic (exact) mass is 168 g/mol. The molecule has 1 unspecified atom stereocenters. The summed E-state index contributed by atoms with van der Waals surface area (Å²) in [4.78, 5) is 0. The van der Waals surface area contributed by atoms with Crippen LogP contribution in [-0.4, -0.2) is 17.5 Å². The number of allylic oxidation sites excluding steroid dienone is 1. The van der Waals surface area contributed by atoms with Crippen molar-refractivity contribution in [1.29, 1.82) is 0 Å². The van der Waals surface area contributed by atoms with Gasteiger partial charge in [0, 0.05) is 6.42 Å². The molecular formula is C10H16O2. The van der Waals surface area contributed by atoms with Crippen molar-refractivity contribution in [2.24, 2.45) is 0 Å². The summed E-state index contributed by atoms with van der Waals surface area (Å²) in [6, 6.07) is 0. The van der Waals surface area contributed by atoms with Crippen LogP contribution >= 0.6 is 0 Å². The van der Waals surface area contributed by atoms with Crippen LogP contribution in [0.25, 0.3) is 0 Å². The molecule has 1 N–H and O–H groups in total.